The second kappa shape index (κ2) is 11.9. The van der Waals surface area contributed by atoms with Crippen LogP contribution in [-0.2, 0) is 12.0 Å². The van der Waals surface area contributed by atoms with Crippen molar-refractivity contribution < 1.29 is 35.9 Å². The van der Waals surface area contributed by atoms with Crippen molar-refractivity contribution in [3.05, 3.63) is 99.5 Å². The van der Waals surface area contributed by atoms with Gasteiger partial charge < -0.3 is 15.4 Å². The number of halogens is 7. The second-order valence-electron chi connectivity index (χ2n) is 9.42. The Morgan fingerprint density at radius 2 is 1.67 bits per heavy atom. The molecule has 1 aliphatic carbocycles. The number of ether oxygens (including phenoxy) is 1. The molecule has 0 bridgehead atoms. The van der Waals surface area contributed by atoms with Crippen molar-refractivity contribution in [2.24, 2.45) is 0 Å². The van der Waals surface area contributed by atoms with Crippen LogP contribution in [0.25, 0.3) is 0 Å². The van der Waals surface area contributed by atoms with Crippen LogP contribution >= 0.6 is 15.9 Å². The number of amides is 2. The molecule has 0 unspecified atom stereocenters. The normalized spacial score (nSPS) is 15.7. The Morgan fingerprint density at radius 3 is 2.31 bits per heavy atom. The van der Waals surface area contributed by atoms with Gasteiger partial charge in [-0.3, -0.25) is 0 Å². The first-order chi connectivity index (χ1) is 18.5. The molecule has 4 rings (SSSR count). The number of carbonyl (C=O) groups excluding carboxylic acids is 1. The zero-order chi connectivity index (χ0) is 28.2. The highest BCUT2D eigenvalue weighted by Crippen LogP contribution is 2.39. The largest absolute Gasteiger partial charge is 0.461 e. The summed E-state index contributed by atoms with van der Waals surface area (Å²) in [6, 6.07) is 14.4. The topological polar surface area (TPSA) is 50.4 Å². The number of carbonyl (C=O) groups is 1. The number of hydrogen-bond donors (Lipinski definition) is 2. The highest BCUT2D eigenvalue weighted by atomic mass is 79.9. The van der Waals surface area contributed by atoms with E-state index >= 15 is 0 Å². The Hall–Kier alpha value is -3.21. The molecular weight excluding hydrogens is 590 g/mol. The lowest BCUT2D eigenvalue weighted by atomic mass is 9.77. The van der Waals surface area contributed by atoms with E-state index in [1.54, 1.807) is 30.3 Å². The average Bonchev–Trinajstić information content (AvgIpc) is 3.38. The molecule has 0 aromatic heterocycles. The summed E-state index contributed by atoms with van der Waals surface area (Å²) in [5, 5.41) is 5.76. The number of benzene rings is 3. The fourth-order valence-electron chi connectivity index (χ4n) is 4.78. The van der Waals surface area contributed by atoms with E-state index in [9.17, 15) is 31.1 Å². The van der Waals surface area contributed by atoms with Gasteiger partial charge in [0, 0.05) is 18.5 Å². The Bertz CT molecular complexity index is 1300. The van der Waals surface area contributed by atoms with E-state index in [0.717, 1.165) is 43.9 Å². The van der Waals surface area contributed by atoms with E-state index in [-0.39, 0.29) is 28.1 Å². The Kier molecular flexibility index (Phi) is 8.78. The fraction of sp³-hybridized carbons (Fsp3) is 0.321. The van der Waals surface area contributed by atoms with E-state index in [0.29, 0.717) is 11.6 Å². The fourth-order valence-corrected chi connectivity index (χ4v) is 5.16. The van der Waals surface area contributed by atoms with E-state index in [4.69, 9.17) is 0 Å². The molecular formula is C28H25BrF6N2O2. The predicted molar refractivity (Wildman–Crippen MR) is 137 cm³/mol. The van der Waals surface area contributed by atoms with Gasteiger partial charge >= 0.3 is 18.6 Å². The highest BCUT2D eigenvalue weighted by Gasteiger charge is 2.45. The quantitative estimate of drug-likeness (QED) is 0.243. The number of alkyl halides is 4. The SMILES string of the molecule is O=C(NC1CCCC1)N[C@](Cc1ccccc1)(c1cc(F)cc(OC(F)(F)C(F)F)c1)c1ccc(F)c(Br)c1. The summed E-state index contributed by atoms with van der Waals surface area (Å²) < 4.78 is 86.6. The minimum atomic E-state index is -4.89. The first-order valence-electron chi connectivity index (χ1n) is 12.2. The number of nitrogens with one attached hydrogen (secondary N) is 2. The molecule has 0 radical (unpaired) electrons. The van der Waals surface area contributed by atoms with Crippen LogP contribution in [-0.4, -0.2) is 24.6 Å². The lowest BCUT2D eigenvalue weighted by Gasteiger charge is -2.37. The number of hydrogen-bond acceptors (Lipinski definition) is 2. The Morgan fingerprint density at radius 1 is 0.974 bits per heavy atom. The first kappa shape index (κ1) is 28.8. The summed E-state index contributed by atoms with van der Waals surface area (Å²) in [4.78, 5) is 13.3. The van der Waals surface area contributed by atoms with Crippen LogP contribution in [0.1, 0.15) is 42.4 Å². The van der Waals surface area contributed by atoms with Crippen molar-refractivity contribution >= 4 is 22.0 Å². The van der Waals surface area contributed by atoms with Crippen LogP contribution in [0.4, 0.5) is 31.1 Å². The molecule has 2 N–H and O–H groups in total. The van der Waals surface area contributed by atoms with Gasteiger partial charge in [0.2, 0.25) is 0 Å². The molecule has 0 aliphatic heterocycles. The molecule has 0 saturated heterocycles. The Labute approximate surface area is 229 Å². The predicted octanol–water partition coefficient (Wildman–Crippen LogP) is 7.69. The van der Waals surface area contributed by atoms with Gasteiger partial charge in [-0.25, -0.2) is 13.6 Å². The van der Waals surface area contributed by atoms with Gasteiger partial charge in [-0.15, -0.1) is 0 Å². The molecule has 0 heterocycles. The molecule has 4 nitrogen and oxygen atoms in total. The van der Waals surface area contributed by atoms with Gasteiger partial charge in [-0.05, 0) is 69.7 Å². The summed E-state index contributed by atoms with van der Waals surface area (Å²) in [5.41, 5.74) is -0.811. The standard InChI is InChI=1S/C28H25BrF6N2O2/c29-23-14-18(10-11-24(23)31)27(16-17-6-2-1-3-7-17,37-26(38)36-21-8-4-5-9-21)19-12-20(30)15-22(13-19)39-28(34,35)25(32)33/h1-3,6-7,10-15,21,25H,4-5,8-9,16H2,(H2,36,37,38)/t27-/m0/s1. The summed E-state index contributed by atoms with van der Waals surface area (Å²) >= 11 is 3.13. The number of rotatable bonds is 9. The van der Waals surface area contributed by atoms with Crippen molar-refractivity contribution in [2.45, 2.75) is 56.2 Å². The summed E-state index contributed by atoms with van der Waals surface area (Å²) in [6.45, 7) is 0. The van der Waals surface area contributed by atoms with Crippen LogP contribution in [0.2, 0.25) is 0 Å². The maximum atomic E-state index is 14.9. The molecule has 1 aliphatic rings. The molecule has 2 amide bonds. The van der Waals surface area contributed by atoms with Crippen molar-refractivity contribution in [1.82, 2.24) is 10.6 Å². The van der Waals surface area contributed by atoms with E-state index in [2.05, 4.69) is 31.3 Å². The first-order valence-corrected chi connectivity index (χ1v) is 13.0. The van der Waals surface area contributed by atoms with Crippen molar-refractivity contribution in [3.63, 3.8) is 0 Å². The minimum absolute atomic E-state index is 0.0296. The molecule has 1 fully saturated rings. The van der Waals surface area contributed by atoms with Crippen LogP contribution in [0.3, 0.4) is 0 Å². The average molecular weight is 615 g/mol. The van der Waals surface area contributed by atoms with E-state index < -0.39 is 41.5 Å². The van der Waals surface area contributed by atoms with Gasteiger partial charge in [0.1, 0.15) is 17.4 Å². The van der Waals surface area contributed by atoms with Crippen LogP contribution in [0.15, 0.2) is 71.2 Å². The van der Waals surface area contributed by atoms with Gasteiger partial charge in [-0.2, -0.15) is 17.6 Å². The molecule has 11 heteroatoms. The molecule has 1 atom stereocenters. The monoisotopic (exact) mass is 614 g/mol. The lowest BCUT2D eigenvalue weighted by molar-refractivity contribution is -0.253. The summed E-state index contributed by atoms with van der Waals surface area (Å²) in [5.74, 6) is -2.54. The van der Waals surface area contributed by atoms with Gasteiger partial charge in [0.05, 0.1) is 10.0 Å². The van der Waals surface area contributed by atoms with Crippen molar-refractivity contribution in [3.8, 4) is 5.75 Å². The lowest BCUT2D eigenvalue weighted by Crippen LogP contribution is -2.53. The molecule has 0 spiro atoms. The van der Waals surface area contributed by atoms with E-state index in [1.807, 2.05) is 0 Å². The molecule has 1 saturated carbocycles. The third kappa shape index (κ3) is 6.87. The summed E-state index contributed by atoms with van der Waals surface area (Å²) in [6.07, 6.45) is -5.68. The van der Waals surface area contributed by atoms with Crippen molar-refractivity contribution in [1.29, 1.82) is 0 Å². The van der Waals surface area contributed by atoms with Gasteiger partial charge in [0.15, 0.2) is 0 Å². The van der Waals surface area contributed by atoms with Crippen LogP contribution in [0, 0.1) is 11.6 Å². The molecule has 3 aromatic rings. The maximum absolute atomic E-state index is 14.9. The van der Waals surface area contributed by atoms with Gasteiger partial charge in [0.25, 0.3) is 0 Å². The highest BCUT2D eigenvalue weighted by molar-refractivity contribution is 9.10. The van der Waals surface area contributed by atoms with Crippen molar-refractivity contribution in [2.75, 3.05) is 0 Å². The second-order valence-corrected chi connectivity index (χ2v) is 10.3. The third-order valence-corrected chi connectivity index (χ3v) is 7.22. The smallest absolute Gasteiger partial charge is 0.428 e. The third-order valence-electron chi connectivity index (χ3n) is 6.61. The molecule has 39 heavy (non-hydrogen) atoms. The zero-order valence-electron chi connectivity index (χ0n) is 20.5. The van der Waals surface area contributed by atoms with E-state index in [1.165, 1.54) is 12.1 Å². The number of urea groups is 1. The van der Waals surface area contributed by atoms with Gasteiger partial charge in [-0.1, -0.05) is 49.2 Å². The minimum Gasteiger partial charge on any atom is -0.428 e. The Balaban J connectivity index is 1.89. The maximum Gasteiger partial charge on any atom is 0.461 e. The van der Waals surface area contributed by atoms with Crippen LogP contribution in [0.5, 0.6) is 5.75 Å². The summed E-state index contributed by atoms with van der Waals surface area (Å²) in [7, 11) is 0. The zero-order valence-corrected chi connectivity index (χ0v) is 22.1. The molecule has 3 aromatic carbocycles. The van der Waals surface area contributed by atoms with Crippen LogP contribution < -0.4 is 15.4 Å². The molecule has 208 valence electrons.